The van der Waals surface area contributed by atoms with Gasteiger partial charge in [0.1, 0.15) is 0 Å². The van der Waals surface area contributed by atoms with Gasteiger partial charge in [-0.15, -0.1) is 10.2 Å². The van der Waals surface area contributed by atoms with Gasteiger partial charge in [-0.1, -0.05) is 23.9 Å². The van der Waals surface area contributed by atoms with Crippen molar-refractivity contribution in [3.05, 3.63) is 24.3 Å². The topological polar surface area (TPSA) is 116 Å². The highest BCUT2D eigenvalue weighted by atomic mass is 32.2. The van der Waals surface area contributed by atoms with Crippen molar-refractivity contribution in [3.8, 4) is 11.4 Å². The molecule has 0 spiro atoms. The van der Waals surface area contributed by atoms with Gasteiger partial charge in [-0.2, -0.15) is 0 Å². The van der Waals surface area contributed by atoms with Crippen LogP contribution < -0.4 is 5.32 Å². The van der Waals surface area contributed by atoms with Crippen LogP contribution in [0, 0.1) is 0 Å². The average molecular weight is 486 g/mol. The van der Waals surface area contributed by atoms with Crippen LogP contribution in [0.2, 0.25) is 0 Å². The van der Waals surface area contributed by atoms with Crippen molar-refractivity contribution in [1.82, 2.24) is 24.4 Å². The fourth-order valence-corrected chi connectivity index (χ4v) is 4.45. The third-order valence-corrected chi connectivity index (χ3v) is 7.07. The van der Waals surface area contributed by atoms with Gasteiger partial charge in [0.05, 0.1) is 17.2 Å². The first-order valence-corrected chi connectivity index (χ1v) is 12.3. The Hall–Kier alpha value is -1.99. The number of amides is 1. The molecule has 1 aromatic heterocycles. The molecule has 178 valence electrons. The summed E-state index contributed by atoms with van der Waals surface area (Å²) >= 11 is 1.23. The molecule has 1 aromatic carbocycles. The molecule has 0 bridgehead atoms. The summed E-state index contributed by atoms with van der Waals surface area (Å²) in [6.45, 7) is 5.98. The molecule has 1 N–H and O–H groups in total. The molecule has 0 saturated heterocycles. The molecule has 10 nitrogen and oxygen atoms in total. The highest BCUT2D eigenvalue weighted by molar-refractivity contribution is 7.99. The minimum absolute atomic E-state index is 0.132. The van der Waals surface area contributed by atoms with E-state index in [-0.39, 0.29) is 28.6 Å². The molecule has 1 amide bonds. The number of rotatable bonds is 10. The number of nitrogens with zero attached hydrogens (tertiary/aromatic N) is 4. The Labute approximate surface area is 193 Å². The number of aromatic nitrogens is 3. The maximum Gasteiger partial charge on any atom is 0.242 e. The smallest absolute Gasteiger partial charge is 0.242 e. The molecule has 0 aliphatic rings. The van der Waals surface area contributed by atoms with Gasteiger partial charge in [-0.25, -0.2) is 12.7 Å². The molecule has 0 aliphatic carbocycles. The van der Waals surface area contributed by atoms with Gasteiger partial charge in [-0.3, -0.25) is 9.36 Å². The van der Waals surface area contributed by atoms with Crippen LogP contribution in [0.3, 0.4) is 0 Å². The zero-order valence-corrected chi connectivity index (χ0v) is 21.1. The number of thioether (sulfide) groups is 1. The van der Waals surface area contributed by atoms with Gasteiger partial charge in [-0.05, 0) is 32.9 Å². The Morgan fingerprint density at radius 2 is 1.88 bits per heavy atom. The number of hydrogen-bond acceptors (Lipinski definition) is 8. The second-order valence-corrected chi connectivity index (χ2v) is 11.3. The summed E-state index contributed by atoms with van der Waals surface area (Å²) < 4.78 is 38.7. The quantitative estimate of drug-likeness (QED) is 0.400. The first-order chi connectivity index (χ1) is 14.9. The molecule has 12 heteroatoms. The third kappa shape index (κ3) is 6.75. The van der Waals surface area contributed by atoms with Gasteiger partial charge in [0.15, 0.2) is 17.3 Å². The third-order valence-electron chi connectivity index (χ3n) is 4.29. The van der Waals surface area contributed by atoms with Gasteiger partial charge in [0.25, 0.3) is 0 Å². The molecule has 2 rings (SSSR count). The highest BCUT2D eigenvalue weighted by Gasteiger charge is 2.23. The van der Waals surface area contributed by atoms with Crippen LogP contribution in [0.4, 0.5) is 0 Å². The Morgan fingerprint density at radius 1 is 1.22 bits per heavy atom. The van der Waals surface area contributed by atoms with Gasteiger partial charge < -0.3 is 14.8 Å². The van der Waals surface area contributed by atoms with E-state index in [0.29, 0.717) is 16.5 Å². The van der Waals surface area contributed by atoms with Crippen molar-refractivity contribution in [2.24, 2.45) is 0 Å². The Bertz CT molecular complexity index is 1030. The molecule has 0 fully saturated rings. The number of nitrogens with one attached hydrogen (secondary N) is 1. The zero-order chi connectivity index (χ0) is 24.1. The van der Waals surface area contributed by atoms with E-state index in [9.17, 15) is 13.2 Å². The van der Waals surface area contributed by atoms with Crippen molar-refractivity contribution in [2.45, 2.75) is 49.2 Å². The molecule has 0 aliphatic heterocycles. The molecular weight excluding hydrogens is 454 g/mol. The zero-order valence-electron chi connectivity index (χ0n) is 19.4. The summed E-state index contributed by atoms with van der Waals surface area (Å²) in [6, 6.07) is 6.48. The Kier molecular flexibility index (Phi) is 8.82. The van der Waals surface area contributed by atoms with E-state index in [0.717, 1.165) is 4.31 Å². The number of hydrogen-bond donors (Lipinski definition) is 1. The number of sulfonamides is 1. The number of carbonyl (C=O) groups is 1. The van der Waals surface area contributed by atoms with E-state index in [1.165, 1.54) is 46.1 Å². The van der Waals surface area contributed by atoms with E-state index in [4.69, 9.17) is 9.47 Å². The number of ether oxygens (including phenoxy) is 2. The van der Waals surface area contributed by atoms with E-state index in [1.54, 1.807) is 22.8 Å². The molecule has 0 unspecified atom stereocenters. The Morgan fingerprint density at radius 3 is 2.44 bits per heavy atom. The number of carbonyl (C=O) groups excluding carboxylic acids is 1. The molecule has 1 heterocycles. The lowest BCUT2D eigenvalue weighted by molar-refractivity contribution is -0.119. The SMILES string of the molecule is COC(Cn1c(SCC(=O)NC(C)(C)C)nnc1-c1cccc(S(=O)(=O)N(C)C)c1)OC. The maximum atomic E-state index is 12.6. The normalized spacial score (nSPS) is 12.5. The van der Waals surface area contributed by atoms with E-state index >= 15 is 0 Å². The fourth-order valence-electron chi connectivity index (χ4n) is 2.76. The van der Waals surface area contributed by atoms with Crippen molar-refractivity contribution < 1.29 is 22.7 Å². The lowest BCUT2D eigenvalue weighted by Crippen LogP contribution is -2.41. The lowest BCUT2D eigenvalue weighted by atomic mass is 10.1. The molecule has 0 radical (unpaired) electrons. The summed E-state index contributed by atoms with van der Waals surface area (Å²) in [5.41, 5.74) is 0.226. The van der Waals surface area contributed by atoms with Crippen LogP contribution in [0.1, 0.15) is 20.8 Å². The van der Waals surface area contributed by atoms with Crippen LogP contribution in [0.25, 0.3) is 11.4 Å². The number of methoxy groups -OCH3 is 2. The van der Waals surface area contributed by atoms with Crippen LogP contribution in [0.5, 0.6) is 0 Å². The molecule has 0 saturated carbocycles. The summed E-state index contributed by atoms with van der Waals surface area (Å²) in [5, 5.41) is 11.9. The van der Waals surface area contributed by atoms with Crippen LogP contribution in [-0.4, -0.2) is 79.3 Å². The summed E-state index contributed by atoms with van der Waals surface area (Å²) in [5.74, 6) is 0.459. The minimum Gasteiger partial charge on any atom is -0.354 e. The molecule has 0 atom stereocenters. The monoisotopic (exact) mass is 485 g/mol. The first-order valence-electron chi connectivity index (χ1n) is 9.84. The van der Waals surface area contributed by atoms with Crippen molar-refractivity contribution >= 4 is 27.7 Å². The second kappa shape index (κ2) is 10.8. The molecule has 32 heavy (non-hydrogen) atoms. The molecule has 2 aromatic rings. The standard InChI is InChI=1S/C20H31N5O5S2/c1-20(2,3)21-16(26)13-31-19-23-22-18(25(19)12-17(29-6)30-7)14-9-8-10-15(11-14)32(27,28)24(4)5/h8-11,17H,12-13H2,1-7H3,(H,21,26). The van der Waals surface area contributed by atoms with E-state index in [1.807, 2.05) is 20.8 Å². The summed E-state index contributed by atoms with van der Waals surface area (Å²) in [4.78, 5) is 12.4. The van der Waals surface area contributed by atoms with Gasteiger partial charge in [0.2, 0.25) is 15.9 Å². The van der Waals surface area contributed by atoms with Crippen LogP contribution in [0.15, 0.2) is 34.3 Å². The van der Waals surface area contributed by atoms with Crippen molar-refractivity contribution in [2.75, 3.05) is 34.1 Å². The van der Waals surface area contributed by atoms with Gasteiger partial charge in [0, 0.05) is 39.4 Å². The van der Waals surface area contributed by atoms with Gasteiger partial charge >= 0.3 is 0 Å². The highest BCUT2D eigenvalue weighted by Crippen LogP contribution is 2.27. The van der Waals surface area contributed by atoms with E-state index in [2.05, 4.69) is 15.5 Å². The van der Waals surface area contributed by atoms with E-state index < -0.39 is 16.3 Å². The predicted octanol–water partition coefficient (Wildman–Crippen LogP) is 1.82. The predicted molar refractivity (Wildman–Crippen MR) is 123 cm³/mol. The van der Waals surface area contributed by atoms with Crippen LogP contribution >= 0.6 is 11.8 Å². The summed E-state index contributed by atoms with van der Waals surface area (Å²) in [7, 11) is 2.38. The van der Waals surface area contributed by atoms with Crippen molar-refractivity contribution in [3.63, 3.8) is 0 Å². The Balaban J connectivity index is 2.42. The number of benzene rings is 1. The minimum atomic E-state index is -3.62. The second-order valence-electron chi connectivity index (χ2n) is 8.22. The average Bonchev–Trinajstić information content (AvgIpc) is 3.11. The first kappa shape index (κ1) is 26.3. The summed E-state index contributed by atoms with van der Waals surface area (Å²) in [6.07, 6.45) is -0.582. The van der Waals surface area contributed by atoms with Crippen LogP contribution in [-0.2, 0) is 30.8 Å². The fraction of sp³-hybridized carbons (Fsp3) is 0.550. The molecular formula is C20H31N5O5S2. The lowest BCUT2D eigenvalue weighted by Gasteiger charge is -2.20. The largest absolute Gasteiger partial charge is 0.354 e. The van der Waals surface area contributed by atoms with Crippen molar-refractivity contribution in [1.29, 1.82) is 0 Å². The maximum absolute atomic E-state index is 12.6.